The minimum atomic E-state index is -3.27. The van der Waals surface area contributed by atoms with E-state index in [2.05, 4.69) is 5.32 Å². The number of hydrogen-bond acceptors (Lipinski definition) is 4. The van der Waals surface area contributed by atoms with Crippen LogP contribution in [0.2, 0.25) is 0 Å². The SMILES string of the molecule is CS(=O)(=O)N1CCCC(NC(=O)C2CCCN(C(=O)Cc3ccc(F)cc3)C2)C1. The van der Waals surface area contributed by atoms with Crippen LogP contribution in [0.3, 0.4) is 0 Å². The van der Waals surface area contributed by atoms with Crippen molar-refractivity contribution in [2.45, 2.75) is 38.1 Å². The van der Waals surface area contributed by atoms with Crippen LogP contribution >= 0.6 is 0 Å². The second-order valence-electron chi connectivity index (χ2n) is 7.95. The molecule has 160 valence electrons. The van der Waals surface area contributed by atoms with E-state index in [1.54, 1.807) is 17.0 Å². The van der Waals surface area contributed by atoms with Gasteiger partial charge in [-0.2, -0.15) is 0 Å². The Morgan fingerprint density at radius 1 is 1.10 bits per heavy atom. The number of nitrogens with one attached hydrogen (secondary N) is 1. The van der Waals surface area contributed by atoms with Crippen LogP contribution in [0.1, 0.15) is 31.2 Å². The van der Waals surface area contributed by atoms with Crippen molar-refractivity contribution >= 4 is 21.8 Å². The fourth-order valence-electron chi connectivity index (χ4n) is 3.99. The van der Waals surface area contributed by atoms with Crippen LogP contribution in [0.5, 0.6) is 0 Å². The predicted octanol–water partition coefficient (Wildman–Crippen LogP) is 1.15. The summed E-state index contributed by atoms with van der Waals surface area (Å²) in [7, 11) is -3.27. The molecule has 2 heterocycles. The minimum Gasteiger partial charge on any atom is -0.352 e. The Hall–Kier alpha value is -2.00. The standard InChI is InChI=1S/C20H28FN3O4S/c1-29(27,28)24-11-3-5-18(14-24)22-20(26)16-4-2-10-23(13-16)19(25)12-15-6-8-17(21)9-7-15/h6-9,16,18H,2-5,10-14H2,1H3,(H,22,26). The fourth-order valence-corrected chi connectivity index (χ4v) is 4.90. The summed E-state index contributed by atoms with van der Waals surface area (Å²) in [5.74, 6) is -0.831. The van der Waals surface area contributed by atoms with Gasteiger partial charge in [-0.25, -0.2) is 17.1 Å². The number of likely N-dealkylation sites (tertiary alicyclic amines) is 1. The second kappa shape index (κ2) is 9.21. The molecule has 2 atom stereocenters. The molecule has 1 N–H and O–H groups in total. The molecule has 7 nitrogen and oxygen atoms in total. The maximum Gasteiger partial charge on any atom is 0.227 e. The first-order valence-electron chi connectivity index (χ1n) is 10.00. The van der Waals surface area contributed by atoms with Gasteiger partial charge in [-0.1, -0.05) is 12.1 Å². The van der Waals surface area contributed by atoms with Gasteiger partial charge in [0.15, 0.2) is 0 Å². The zero-order valence-electron chi connectivity index (χ0n) is 16.6. The molecule has 3 rings (SSSR count). The molecule has 2 amide bonds. The van der Waals surface area contributed by atoms with E-state index in [4.69, 9.17) is 0 Å². The lowest BCUT2D eigenvalue weighted by molar-refractivity contribution is -0.135. The lowest BCUT2D eigenvalue weighted by Gasteiger charge is -2.35. The first kappa shape index (κ1) is 21.7. The maximum atomic E-state index is 13.0. The Morgan fingerprint density at radius 2 is 1.79 bits per heavy atom. The average Bonchev–Trinajstić information content (AvgIpc) is 2.69. The maximum absolute atomic E-state index is 13.0. The van der Waals surface area contributed by atoms with E-state index in [0.29, 0.717) is 39.0 Å². The van der Waals surface area contributed by atoms with Crippen LogP contribution in [-0.4, -0.2) is 67.9 Å². The predicted molar refractivity (Wildman–Crippen MR) is 107 cm³/mol. The van der Waals surface area contributed by atoms with E-state index in [-0.39, 0.29) is 36.0 Å². The Morgan fingerprint density at radius 3 is 2.48 bits per heavy atom. The van der Waals surface area contributed by atoms with Crippen molar-refractivity contribution in [2.75, 3.05) is 32.4 Å². The largest absolute Gasteiger partial charge is 0.352 e. The van der Waals surface area contributed by atoms with Crippen LogP contribution in [-0.2, 0) is 26.0 Å². The van der Waals surface area contributed by atoms with Gasteiger partial charge < -0.3 is 10.2 Å². The zero-order chi connectivity index (χ0) is 21.0. The number of hydrogen-bond donors (Lipinski definition) is 1. The molecule has 0 radical (unpaired) electrons. The van der Waals surface area contributed by atoms with Crippen LogP contribution in [0, 0.1) is 11.7 Å². The summed E-state index contributed by atoms with van der Waals surface area (Å²) < 4.78 is 37.9. The van der Waals surface area contributed by atoms with Crippen molar-refractivity contribution in [3.05, 3.63) is 35.6 Å². The molecular formula is C20H28FN3O4S. The van der Waals surface area contributed by atoms with Gasteiger partial charge in [0.2, 0.25) is 21.8 Å². The summed E-state index contributed by atoms with van der Waals surface area (Å²) in [6, 6.07) is 5.66. The van der Waals surface area contributed by atoms with Gasteiger partial charge in [-0.3, -0.25) is 9.59 Å². The number of nitrogens with zero attached hydrogens (tertiary/aromatic N) is 2. The summed E-state index contributed by atoms with van der Waals surface area (Å²) in [6.45, 7) is 1.74. The van der Waals surface area contributed by atoms with Gasteiger partial charge in [0.25, 0.3) is 0 Å². The summed E-state index contributed by atoms with van der Waals surface area (Å²) in [5.41, 5.74) is 0.742. The Kier molecular flexibility index (Phi) is 6.89. The first-order valence-corrected chi connectivity index (χ1v) is 11.8. The van der Waals surface area contributed by atoms with Crippen molar-refractivity contribution in [1.82, 2.24) is 14.5 Å². The van der Waals surface area contributed by atoms with Gasteiger partial charge in [0, 0.05) is 32.2 Å². The Bertz CT molecular complexity index is 844. The summed E-state index contributed by atoms with van der Waals surface area (Å²) >= 11 is 0. The van der Waals surface area contributed by atoms with Gasteiger partial charge >= 0.3 is 0 Å². The highest BCUT2D eigenvalue weighted by molar-refractivity contribution is 7.88. The zero-order valence-corrected chi connectivity index (χ0v) is 17.5. The third kappa shape index (κ3) is 5.99. The molecule has 9 heteroatoms. The van der Waals surface area contributed by atoms with Crippen molar-refractivity contribution in [3.8, 4) is 0 Å². The van der Waals surface area contributed by atoms with Crippen LogP contribution < -0.4 is 5.32 Å². The Labute approximate surface area is 171 Å². The van der Waals surface area contributed by atoms with E-state index < -0.39 is 10.0 Å². The molecule has 1 aromatic rings. The highest BCUT2D eigenvalue weighted by Crippen LogP contribution is 2.20. The van der Waals surface area contributed by atoms with Gasteiger partial charge in [-0.15, -0.1) is 0 Å². The molecule has 0 aromatic heterocycles. The normalized spacial score (nSPS) is 23.6. The minimum absolute atomic E-state index is 0.0740. The fraction of sp³-hybridized carbons (Fsp3) is 0.600. The summed E-state index contributed by atoms with van der Waals surface area (Å²) in [5, 5.41) is 2.98. The summed E-state index contributed by atoms with van der Waals surface area (Å²) in [4.78, 5) is 27.0. The molecule has 0 aliphatic carbocycles. The van der Waals surface area contributed by atoms with Crippen LogP contribution in [0.15, 0.2) is 24.3 Å². The highest BCUT2D eigenvalue weighted by atomic mass is 32.2. The number of carbonyl (C=O) groups excluding carboxylic acids is 2. The molecule has 0 bridgehead atoms. The molecule has 1 aromatic carbocycles. The Balaban J connectivity index is 1.53. The molecule has 29 heavy (non-hydrogen) atoms. The number of halogens is 1. The third-order valence-electron chi connectivity index (χ3n) is 5.61. The van der Waals surface area contributed by atoms with Gasteiger partial charge in [0.05, 0.1) is 18.6 Å². The molecular weight excluding hydrogens is 397 g/mol. The van der Waals surface area contributed by atoms with Crippen LogP contribution in [0.4, 0.5) is 4.39 Å². The molecule has 2 fully saturated rings. The third-order valence-corrected chi connectivity index (χ3v) is 6.88. The van der Waals surface area contributed by atoms with E-state index in [1.165, 1.54) is 22.7 Å². The number of rotatable bonds is 5. The second-order valence-corrected chi connectivity index (χ2v) is 9.93. The molecule has 0 saturated carbocycles. The van der Waals surface area contributed by atoms with E-state index in [9.17, 15) is 22.4 Å². The molecule has 2 aliphatic heterocycles. The lowest BCUT2D eigenvalue weighted by atomic mass is 9.95. The van der Waals surface area contributed by atoms with E-state index in [0.717, 1.165) is 18.4 Å². The van der Waals surface area contributed by atoms with Crippen molar-refractivity contribution in [2.24, 2.45) is 5.92 Å². The number of benzene rings is 1. The van der Waals surface area contributed by atoms with Gasteiger partial charge in [0.1, 0.15) is 5.82 Å². The highest BCUT2D eigenvalue weighted by Gasteiger charge is 2.32. The number of sulfonamides is 1. The molecule has 2 unspecified atom stereocenters. The molecule has 2 saturated heterocycles. The summed E-state index contributed by atoms with van der Waals surface area (Å²) in [6.07, 6.45) is 4.27. The lowest BCUT2D eigenvalue weighted by Crippen LogP contribution is -2.52. The molecule has 0 spiro atoms. The number of piperidine rings is 2. The van der Waals surface area contributed by atoms with Crippen molar-refractivity contribution in [3.63, 3.8) is 0 Å². The van der Waals surface area contributed by atoms with E-state index >= 15 is 0 Å². The van der Waals surface area contributed by atoms with E-state index in [1.807, 2.05) is 0 Å². The quantitative estimate of drug-likeness (QED) is 0.767. The van der Waals surface area contributed by atoms with Crippen LogP contribution in [0.25, 0.3) is 0 Å². The van der Waals surface area contributed by atoms with Crippen molar-refractivity contribution < 1.29 is 22.4 Å². The topological polar surface area (TPSA) is 86.8 Å². The number of amides is 2. The first-order chi connectivity index (χ1) is 13.7. The monoisotopic (exact) mass is 425 g/mol. The number of carbonyl (C=O) groups is 2. The van der Waals surface area contributed by atoms with Crippen molar-refractivity contribution in [1.29, 1.82) is 0 Å². The molecule has 2 aliphatic rings. The average molecular weight is 426 g/mol. The smallest absolute Gasteiger partial charge is 0.227 e. The van der Waals surface area contributed by atoms with Gasteiger partial charge in [-0.05, 0) is 43.4 Å².